The molecule has 0 saturated heterocycles. The first-order valence-electron chi connectivity index (χ1n) is 5.36. The molecular formula is C10H15N3O2. The zero-order valence-corrected chi connectivity index (χ0v) is 8.81. The molecule has 0 spiro atoms. The average molecular weight is 209 g/mol. The summed E-state index contributed by atoms with van der Waals surface area (Å²) in [5, 5.41) is 17.0. The Morgan fingerprint density at radius 2 is 2.47 bits per heavy atom. The van der Waals surface area contributed by atoms with E-state index in [1.165, 1.54) is 0 Å². The lowest BCUT2D eigenvalue weighted by Crippen LogP contribution is -2.17. The molecule has 1 aromatic heterocycles. The smallest absolute Gasteiger partial charge is 0.304 e. The summed E-state index contributed by atoms with van der Waals surface area (Å²) in [6.45, 7) is 2.76. The van der Waals surface area contributed by atoms with Crippen molar-refractivity contribution in [2.75, 3.05) is 0 Å². The first-order chi connectivity index (χ1) is 7.22. The fourth-order valence-electron chi connectivity index (χ4n) is 2.28. The predicted molar refractivity (Wildman–Crippen MR) is 53.6 cm³/mol. The van der Waals surface area contributed by atoms with Crippen molar-refractivity contribution in [1.82, 2.24) is 15.0 Å². The van der Waals surface area contributed by atoms with Crippen molar-refractivity contribution in [1.29, 1.82) is 0 Å². The van der Waals surface area contributed by atoms with Crippen molar-refractivity contribution in [3.8, 4) is 0 Å². The van der Waals surface area contributed by atoms with Crippen LogP contribution in [0.3, 0.4) is 0 Å². The normalized spacial score (nSPS) is 19.9. The van der Waals surface area contributed by atoms with Gasteiger partial charge in [-0.3, -0.25) is 4.79 Å². The summed E-state index contributed by atoms with van der Waals surface area (Å²) < 4.78 is 1.84. The predicted octanol–water partition coefficient (Wildman–Crippen LogP) is 1.19. The minimum atomic E-state index is -0.739. The lowest BCUT2D eigenvalue weighted by Gasteiger charge is -2.21. The largest absolute Gasteiger partial charge is 0.481 e. The molecule has 5 nitrogen and oxygen atoms in total. The summed E-state index contributed by atoms with van der Waals surface area (Å²) >= 11 is 0. The van der Waals surface area contributed by atoms with Gasteiger partial charge in [-0.1, -0.05) is 5.21 Å². The highest BCUT2D eigenvalue weighted by molar-refractivity contribution is 5.68. The molecule has 0 amide bonds. The molecular weight excluding hydrogens is 194 g/mol. The van der Waals surface area contributed by atoms with Gasteiger partial charge in [-0.05, 0) is 26.2 Å². The van der Waals surface area contributed by atoms with Crippen LogP contribution in [0, 0.1) is 0 Å². The molecule has 2 rings (SSSR count). The molecule has 1 N–H and O–H groups in total. The molecule has 1 aromatic rings. The third-order valence-corrected chi connectivity index (χ3v) is 2.92. The second-order valence-electron chi connectivity index (χ2n) is 3.92. The Balaban J connectivity index is 2.30. The van der Waals surface area contributed by atoms with Gasteiger partial charge < -0.3 is 5.11 Å². The molecule has 0 aromatic carbocycles. The average Bonchev–Trinajstić information content (AvgIpc) is 2.61. The highest BCUT2D eigenvalue weighted by Gasteiger charge is 2.27. The lowest BCUT2D eigenvalue weighted by molar-refractivity contribution is -0.137. The summed E-state index contributed by atoms with van der Waals surface area (Å²) in [6.07, 6.45) is 3.09. The van der Waals surface area contributed by atoms with Crippen LogP contribution in [0.15, 0.2) is 0 Å². The number of nitrogens with zero attached hydrogens (tertiary/aromatic N) is 3. The van der Waals surface area contributed by atoms with Crippen LogP contribution in [0.2, 0.25) is 0 Å². The van der Waals surface area contributed by atoms with Crippen LogP contribution in [0.1, 0.15) is 43.5 Å². The number of rotatable bonds is 3. The zero-order chi connectivity index (χ0) is 10.8. The Labute approximate surface area is 88.1 Å². The summed E-state index contributed by atoms with van der Waals surface area (Å²) in [4.78, 5) is 10.7. The monoisotopic (exact) mass is 209 g/mol. The van der Waals surface area contributed by atoms with E-state index in [0.717, 1.165) is 37.2 Å². The van der Waals surface area contributed by atoms with Crippen molar-refractivity contribution < 1.29 is 9.90 Å². The Hall–Kier alpha value is -1.39. The minimum Gasteiger partial charge on any atom is -0.481 e. The number of aryl methyl sites for hydroxylation is 2. The van der Waals surface area contributed by atoms with E-state index < -0.39 is 5.97 Å². The maximum atomic E-state index is 10.7. The fourth-order valence-corrected chi connectivity index (χ4v) is 2.28. The van der Waals surface area contributed by atoms with Gasteiger partial charge >= 0.3 is 5.97 Å². The van der Waals surface area contributed by atoms with Gasteiger partial charge in [0.05, 0.1) is 17.8 Å². The van der Waals surface area contributed by atoms with Crippen LogP contribution in [0.4, 0.5) is 0 Å². The number of aliphatic carboxylic acids is 1. The quantitative estimate of drug-likeness (QED) is 0.812. The SMILES string of the molecule is CCn1nnc2c1C(CC(=O)O)CCC2. The first kappa shape index (κ1) is 10.1. The van der Waals surface area contributed by atoms with E-state index in [1.54, 1.807) is 0 Å². The maximum Gasteiger partial charge on any atom is 0.304 e. The summed E-state index contributed by atoms with van der Waals surface area (Å²) in [5.74, 6) is -0.641. The Bertz CT molecular complexity index is 359. The van der Waals surface area contributed by atoms with Gasteiger partial charge in [0.15, 0.2) is 0 Å². The van der Waals surface area contributed by atoms with Gasteiger partial charge in [0.1, 0.15) is 0 Å². The van der Waals surface area contributed by atoms with Gasteiger partial charge in [0.25, 0.3) is 0 Å². The van der Waals surface area contributed by atoms with Crippen LogP contribution in [0.5, 0.6) is 0 Å². The highest BCUT2D eigenvalue weighted by Crippen LogP contribution is 2.32. The molecule has 82 valence electrons. The van der Waals surface area contributed by atoms with Crippen molar-refractivity contribution in [2.24, 2.45) is 0 Å². The van der Waals surface area contributed by atoms with E-state index in [2.05, 4.69) is 10.3 Å². The standard InChI is InChI=1S/C10H15N3O2/c1-2-13-10-7(6-9(14)15)4-3-5-8(10)11-12-13/h7H,2-6H2,1H3,(H,14,15). The molecule has 15 heavy (non-hydrogen) atoms. The van der Waals surface area contributed by atoms with Gasteiger partial charge in [-0.25, -0.2) is 4.68 Å². The molecule has 0 saturated carbocycles. The number of fused-ring (bicyclic) bond motifs is 1. The summed E-state index contributed by atoms with van der Waals surface area (Å²) in [5.41, 5.74) is 2.04. The zero-order valence-electron chi connectivity index (χ0n) is 8.81. The van der Waals surface area contributed by atoms with Crippen molar-refractivity contribution >= 4 is 5.97 Å². The topological polar surface area (TPSA) is 68.0 Å². The van der Waals surface area contributed by atoms with Gasteiger partial charge in [-0.2, -0.15) is 0 Å². The number of carboxylic acid groups (broad SMARTS) is 1. The Morgan fingerprint density at radius 3 is 3.13 bits per heavy atom. The summed E-state index contributed by atoms with van der Waals surface area (Å²) in [7, 11) is 0. The van der Waals surface area contributed by atoms with Crippen LogP contribution in [-0.2, 0) is 17.8 Å². The molecule has 1 aliphatic carbocycles. The highest BCUT2D eigenvalue weighted by atomic mass is 16.4. The summed E-state index contributed by atoms with van der Waals surface area (Å²) in [6, 6.07) is 0. The molecule has 0 radical (unpaired) electrons. The maximum absolute atomic E-state index is 10.7. The second kappa shape index (κ2) is 4.00. The fraction of sp³-hybridized carbons (Fsp3) is 0.700. The van der Waals surface area contributed by atoms with E-state index in [-0.39, 0.29) is 12.3 Å². The van der Waals surface area contributed by atoms with E-state index in [1.807, 2.05) is 11.6 Å². The third kappa shape index (κ3) is 1.86. The Kier molecular flexibility index (Phi) is 2.70. The van der Waals surface area contributed by atoms with Crippen LogP contribution in [0.25, 0.3) is 0 Å². The number of carboxylic acids is 1. The van der Waals surface area contributed by atoms with Crippen molar-refractivity contribution in [3.05, 3.63) is 11.4 Å². The van der Waals surface area contributed by atoms with Crippen LogP contribution in [-0.4, -0.2) is 26.1 Å². The van der Waals surface area contributed by atoms with E-state index in [4.69, 9.17) is 5.11 Å². The minimum absolute atomic E-state index is 0.0983. The van der Waals surface area contributed by atoms with E-state index in [9.17, 15) is 4.79 Å². The third-order valence-electron chi connectivity index (χ3n) is 2.92. The van der Waals surface area contributed by atoms with E-state index in [0.29, 0.717) is 0 Å². The van der Waals surface area contributed by atoms with Crippen molar-refractivity contribution in [3.63, 3.8) is 0 Å². The van der Waals surface area contributed by atoms with Crippen molar-refractivity contribution in [2.45, 2.75) is 45.1 Å². The first-order valence-corrected chi connectivity index (χ1v) is 5.36. The van der Waals surface area contributed by atoms with Crippen LogP contribution >= 0.6 is 0 Å². The van der Waals surface area contributed by atoms with Gasteiger partial charge in [-0.15, -0.1) is 5.10 Å². The number of hydrogen-bond acceptors (Lipinski definition) is 3. The Morgan fingerprint density at radius 1 is 1.67 bits per heavy atom. The lowest BCUT2D eigenvalue weighted by atomic mass is 9.87. The molecule has 0 fully saturated rings. The second-order valence-corrected chi connectivity index (χ2v) is 3.92. The number of hydrogen-bond donors (Lipinski definition) is 1. The molecule has 0 bridgehead atoms. The molecule has 1 heterocycles. The molecule has 1 aliphatic rings. The molecule has 5 heteroatoms. The van der Waals surface area contributed by atoms with Gasteiger partial charge in [0.2, 0.25) is 0 Å². The van der Waals surface area contributed by atoms with Gasteiger partial charge in [0, 0.05) is 12.5 Å². The molecule has 1 unspecified atom stereocenters. The molecule has 0 aliphatic heterocycles. The number of carbonyl (C=O) groups is 1. The number of aromatic nitrogens is 3. The van der Waals surface area contributed by atoms with E-state index >= 15 is 0 Å². The van der Waals surface area contributed by atoms with Crippen LogP contribution < -0.4 is 0 Å². The molecule has 1 atom stereocenters.